The first kappa shape index (κ1) is 13.7. The van der Waals surface area contributed by atoms with Crippen molar-refractivity contribution in [3.8, 4) is 0 Å². The van der Waals surface area contributed by atoms with Crippen molar-refractivity contribution in [2.45, 2.75) is 32.7 Å². The number of rotatable bonds is 4. The minimum absolute atomic E-state index is 0.0891. The zero-order chi connectivity index (χ0) is 13.7. The summed E-state index contributed by atoms with van der Waals surface area (Å²) < 4.78 is 1.65. The van der Waals surface area contributed by atoms with Crippen molar-refractivity contribution >= 4 is 17.2 Å². The maximum absolute atomic E-state index is 12.2. The van der Waals surface area contributed by atoms with E-state index in [0.717, 1.165) is 11.9 Å². The number of carbonyl (C=O) groups excluding carboxylic acids is 1. The summed E-state index contributed by atoms with van der Waals surface area (Å²) in [5, 5.41) is 4.12. The Balaban J connectivity index is 2.15. The Morgan fingerprint density at radius 3 is 2.89 bits per heavy atom. The molecule has 0 N–H and O–H groups in total. The molecule has 4 heteroatoms. The number of thiophene rings is 1. The Hall–Kier alpha value is -1.68. The highest BCUT2D eigenvalue weighted by atomic mass is 32.1. The lowest BCUT2D eigenvalue weighted by Crippen LogP contribution is -2.27. The van der Waals surface area contributed by atoms with Gasteiger partial charge in [0.05, 0.1) is 0 Å². The first-order chi connectivity index (χ1) is 9.16. The van der Waals surface area contributed by atoms with E-state index in [-0.39, 0.29) is 11.9 Å². The summed E-state index contributed by atoms with van der Waals surface area (Å²) in [5.74, 6) is 0.0891. The van der Waals surface area contributed by atoms with Crippen molar-refractivity contribution in [3.05, 3.63) is 52.3 Å². The predicted molar refractivity (Wildman–Crippen MR) is 78.4 cm³/mol. The molecule has 0 atom stereocenters. The first-order valence-corrected chi connectivity index (χ1v) is 7.37. The van der Waals surface area contributed by atoms with Crippen LogP contribution >= 0.6 is 11.3 Å². The van der Waals surface area contributed by atoms with Gasteiger partial charge in [0.15, 0.2) is 0 Å². The molecule has 2 aromatic heterocycles. The summed E-state index contributed by atoms with van der Waals surface area (Å²) in [7, 11) is 0. The van der Waals surface area contributed by atoms with Crippen molar-refractivity contribution in [2.24, 2.45) is 4.99 Å². The SMILES string of the molecule is CC(C)N=c1ccccn1C(=O)CCc1ccsc1. The van der Waals surface area contributed by atoms with Crippen molar-refractivity contribution in [1.82, 2.24) is 4.57 Å². The zero-order valence-corrected chi connectivity index (χ0v) is 12.1. The molecule has 2 rings (SSSR count). The third-order valence-electron chi connectivity index (χ3n) is 2.71. The van der Waals surface area contributed by atoms with E-state index >= 15 is 0 Å². The van der Waals surface area contributed by atoms with E-state index in [1.54, 1.807) is 22.1 Å². The van der Waals surface area contributed by atoms with Gasteiger partial charge in [0.1, 0.15) is 5.49 Å². The number of hydrogen-bond donors (Lipinski definition) is 0. The van der Waals surface area contributed by atoms with E-state index in [0.29, 0.717) is 6.42 Å². The molecule has 2 aromatic rings. The lowest BCUT2D eigenvalue weighted by atomic mass is 10.2. The molecule has 0 saturated carbocycles. The van der Waals surface area contributed by atoms with Crippen LogP contribution in [-0.4, -0.2) is 16.5 Å². The highest BCUT2D eigenvalue weighted by Crippen LogP contribution is 2.08. The van der Waals surface area contributed by atoms with Gasteiger partial charge in [-0.15, -0.1) is 0 Å². The van der Waals surface area contributed by atoms with Crippen LogP contribution in [0.15, 0.2) is 46.2 Å². The second kappa shape index (κ2) is 6.48. The molecule has 0 spiro atoms. The Morgan fingerprint density at radius 1 is 1.37 bits per heavy atom. The Morgan fingerprint density at radius 2 is 2.21 bits per heavy atom. The smallest absolute Gasteiger partial charge is 0.232 e. The van der Waals surface area contributed by atoms with Crippen LogP contribution in [0.1, 0.15) is 30.6 Å². The third-order valence-corrected chi connectivity index (χ3v) is 3.44. The lowest BCUT2D eigenvalue weighted by Gasteiger charge is -2.06. The molecule has 0 fully saturated rings. The van der Waals surface area contributed by atoms with E-state index in [1.807, 2.05) is 37.4 Å². The second-order valence-electron chi connectivity index (χ2n) is 4.68. The van der Waals surface area contributed by atoms with E-state index in [2.05, 4.69) is 16.4 Å². The molecule has 0 amide bonds. The van der Waals surface area contributed by atoms with Crippen molar-refractivity contribution in [1.29, 1.82) is 0 Å². The van der Waals surface area contributed by atoms with Crippen LogP contribution in [0.25, 0.3) is 0 Å². The zero-order valence-electron chi connectivity index (χ0n) is 11.2. The number of pyridine rings is 1. The fraction of sp³-hybridized carbons (Fsp3) is 0.333. The normalized spacial score (nSPS) is 12.1. The Bertz CT molecular complexity index is 597. The standard InChI is InChI=1S/C15H18N2OS/c1-12(2)16-14-5-3-4-9-17(14)15(18)7-6-13-8-10-19-11-13/h3-5,8-12H,6-7H2,1-2H3. The second-order valence-corrected chi connectivity index (χ2v) is 5.46. The van der Waals surface area contributed by atoms with Gasteiger partial charge in [-0.25, -0.2) is 0 Å². The van der Waals surface area contributed by atoms with Crippen LogP contribution in [-0.2, 0) is 6.42 Å². The molecule has 0 aliphatic rings. The monoisotopic (exact) mass is 274 g/mol. The van der Waals surface area contributed by atoms with Crippen LogP contribution in [0.2, 0.25) is 0 Å². The fourth-order valence-electron chi connectivity index (χ4n) is 1.82. The lowest BCUT2D eigenvalue weighted by molar-refractivity contribution is 0.0897. The molecule has 0 aliphatic carbocycles. The van der Waals surface area contributed by atoms with Crippen LogP contribution in [0.3, 0.4) is 0 Å². The quantitative estimate of drug-likeness (QED) is 0.843. The molecule has 0 unspecified atom stereocenters. The number of carbonyl (C=O) groups is 1. The molecule has 100 valence electrons. The Kier molecular flexibility index (Phi) is 4.68. The minimum atomic E-state index is 0.0891. The van der Waals surface area contributed by atoms with Crippen molar-refractivity contribution in [3.63, 3.8) is 0 Å². The largest absolute Gasteiger partial charge is 0.274 e. The van der Waals surface area contributed by atoms with Gasteiger partial charge in [-0.3, -0.25) is 14.4 Å². The minimum Gasteiger partial charge on any atom is -0.274 e. The summed E-state index contributed by atoms with van der Waals surface area (Å²) >= 11 is 1.66. The molecule has 0 bridgehead atoms. The number of hydrogen-bond acceptors (Lipinski definition) is 3. The summed E-state index contributed by atoms with van der Waals surface area (Å²) in [6, 6.07) is 7.89. The summed E-state index contributed by atoms with van der Waals surface area (Å²) in [5.41, 5.74) is 1.95. The highest BCUT2D eigenvalue weighted by Gasteiger charge is 2.06. The van der Waals surface area contributed by atoms with E-state index in [4.69, 9.17) is 0 Å². The van der Waals surface area contributed by atoms with E-state index in [9.17, 15) is 4.79 Å². The number of nitrogens with zero attached hydrogens (tertiary/aromatic N) is 2. The molecule has 3 nitrogen and oxygen atoms in total. The predicted octanol–water partition coefficient (Wildman–Crippen LogP) is 3.13. The van der Waals surface area contributed by atoms with Gasteiger partial charge < -0.3 is 0 Å². The van der Waals surface area contributed by atoms with E-state index in [1.165, 1.54) is 5.56 Å². The maximum atomic E-state index is 12.2. The number of aromatic nitrogens is 1. The molecule has 0 aromatic carbocycles. The number of aryl methyl sites for hydroxylation is 1. The summed E-state index contributed by atoms with van der Waals surface area (Å²) in [6.45, 7) is 4.01. The van der Waals surface area contributed by atoms with Crippen molar-refractivity contribution in [2.75, 3.05) is 0 Å². The van der Waals surface area contributed by atoms with Crippen LogP contribution < -0.4 is 5.49 Å². The summed E-state index contributed by atoms with van der Waals surface area (Å²) in [4.78, 5) is 16.7. The van der Waals surface area contributed by atoms with Gasteiger partial charge in [0.2, 0.25) is 5.91 Å². The molecule has 2 heterocycles. The third kappa shape index (κ3) is 3.89. The highest BCUT2D eigenvalue weighted by molar-refractivity contribution is 7.07. The van der Waals surface area contributed by atoms with Gasteiger partial charge >= 0.3 is 0 Å². The maximum Gasteiger partial charge on any atom is 0.232 e. The Labute approximate surface area is 117 Å². The average molecular weight is 274 g/mol. The van der Waals surface area contributed by atoms with Gasteiger partial charge in [-0.2, -0.15) is 11.3 Å². The van der Waals surface area contributed by atoms with Crippen molar-refractivity contribution < 1.29 is 4.79 Å². The molecule has 0 saturated heterocycles. The van der Waals surface area contributed by atoms with Crippen LogP contribution in [0.5, 0.6) is 0 Å². The van der Waals surface area contributed by atoms with E-state index < -0.39 is 0 Å². The topological polar surface area (TPSA) is 34.4 Å². The van der Waals surface area contributed by atoms with Crippen LogP contribution in [0.4, 0.5) is 0 Å². The molecule has 0 aliphatic heterocycles. The summed E-state index contributed by atoms with van der Waals surface area (Å²) in [6.07, 6.45) is 3.08. The van der Waals surface area contributed by atoms with Crippen LogP contribution in [0, 0.1) is 0 Å². The van der Waals surface area contributed by atoms with Gasteiger partial charge in [-0.1, -0.05) is 6.07 Å². The molecule has 19 heavy (non-hydrogen) atoms. The first-order valence-electron chi connectivity index (χ1n) is 6.42. The molecule has 0 radical (unpaired) electrons. The molecular weight excluding hydrogens is 256 g/mol. The fourth-order valence-corrected chi connectivity index (χ4v) is 2.52. The van der Waals surface area contributed by atoms with Gasteiger partial charge in [0.25, 0.3) is 0 Å². The van der Waals surface area contributed by atoms with Gasteiger partial charge in [0, 0.05) is 18.7 Å². The van der Waals surface area contributed by atoms with Gasteiger partial charge in [-0.05, 0) is 54.8 Å². The molecular formula is C15H18N2OS. The average Bonchev–Trinajstić information content (AvgIpc) is 2.89.